The largest absolute Gasteiger partial charge is 0.508 e. The maximum atomic E-state index is 13.7. The summed E-state index contributed by atoms with van der Waals surface area (Å²) in [5.41, 5.74) is 2.52. The van der Waals surface area contributed by atoms with E-state index in [1.54, 1.807) is 13.0 Å². The van der Waals surface area contributed by atoms with Crippen LogP contribution in [0.1, 0.15) is 76.2 Å². The van der Waals surface area contributed by atoms with Gasteiger partial charge in [0, 0.05) is 42.0 Å². The van der Waals surface area contributed by atoms with E-state index >= 15 is 0 Å². The molecule has 2 aliphatic heterocycles. The molecule has 2 heterocycles. The van der Waals surface area contributed by atoms with Gasteiger partial charge in [-0.1, -0.05) is 31.5 Å². The van der Waals surface area contributed by atoms with Gasteiger partial charge in [-0.25, -0.2) is 0 Å². The normalized spacial score (nSPS) is 23.0. The molecule has 0 aromatic heterocycles. The number of benzene rings is 3. The second-order valence-electron chi connectivity index (χ2n) is 10.2. The minimum atomic E-state index is -1.06. The fourth-order valence-corrected chi connectivity index (χ4v) is 6.35. The van der Waals surface area contributed by atoms with Gasteiger partial charge in [0.05, 0.1) is 16.1 Å². The van der Waals surface area contributed by atoms with Crippen LogP contribution in [0, 0.1) is 6.92 Å². The van der Waals surface area contributed by atoms with E-state index in [9.17, 15) is 25.2 Å². The van der Waals surface area contributed by atoms with Crippen molar-refractivity contribution in [3.63, 3.8) is 0 Å². The number of halogens is 1. The number of carbonyl (C=O) groups excluding carboxylic acids is 1. The van der Waals surface area contributed by atoms with Gasteiger partial charge in [-0.05, 0) is 35.2 Å². The Balaban J connectivity index is 1.67. The van der Waals surface area contributed by atoms with Crippen molar-refractivity contribution in [3.05, 3.63) is 73.8 Å². The quantitative estimate of drug-likeness (QED) is 0.343. The third kappa shape index (κ3) is 2.73. The summed E-state index contributed by atoms with van der Waals surface area (Å²) in [4.78, 5) is 13.7. The molecule has 6 rings (SSSR count). The van der Waals surface area contributed by atoms with Crippen molar-refractivity contribution >= 4 is 17.4 Å². The standard InChI is InChI=1S/C27H23ClO7/c1-10-5-12(29)7-16-17(10)25-18-11(9-27(4,34-16)35-25)6-13-19(23(18)32)24(33)20-14(30)8-15(31)22(28)21(20)26(13,2)3/h5-8,25,29-32H,9H2,1-4H3. The molecule has 0 fully saturated rings. The molecule has 1 aliphatic carbocycles. The van der Waals surface area contributed by atoms with E-state index in [0.29, 0.717) is 33.6 Å². The number of fused-ring (bicyclic) bond motifs is 8. The lowest BCUT2D eigenvalue weighted by Crippen LogP contribution is -2.47. The van der Waals surface area contributed by atoms with Gasteiger partial charge in [0.2, 0.25) is 11.6 Å². The number of carbonyl (C=O) groups is 1. The first-order valence-corrected chi connectivity index (χ1v) is 11.6. The van der Waals surface area contributed by atoms with Crippen LogP contribution in [0.5, 0.6) is 28.7 Å². The van der Waals surface area contributed by atoms with E-state index in [2.05, 4.69) is 0 Å². The highest BCUT2D eigenvalue weighted by atomic mass is 35.5. The summed E-state index contributed by atoms with van der Waals surface area (Å²) in [5, 5.41) is 42.6. The molecule has 2 atom stereocenters. The Bertz CT molecular complexity index is 1510. The number of hydrogen-bond donors (Lipinski definition) is 4. The van der Waals surface area contributed by atoms with Crippen LogP contribution >= 0.6 is 11.6 Å². The van der Waals surface area contributed by atoms with Crippen LogP contribution < -0.4 is 4.74 Å². The molecule has 35 heavy (non-hydrogen) atoms. The van der Waals surface area contributed by atoms with E-state index in [0.717, 1.165) is 11.6 Å². The average molecular weight is 495 g/mol. The lowest BCUT2D eigenvalue weighted by atomic mass is 9.66. The molecule has 0 amide bonds. The van der Waals surface area contributed by atoms with Crippen LogP contribution in [0.15, 0.2) is 24.3 Å². The highest BCUT2D eigenvalue weighted by Gasteiger charge is 2.50. The summed E-state index contributed by atoms with van der Waals surface area (Å²) >= 11 is 6.43. The number of aromatic hydroxyl groups is 4. The van der Waals surface area contributed by atoms with Gasteiger partial charge in [0.1, 0.15) is 34.9 Å². The molecule has 8 heteroatoms. The maximum absolute atomic E-state index is 13.7. The Labute approximate surface area is 206 Å². The number of ketones is 1. The fourth-order valence-electron chi connectivity index (χ4n) is 5.97. The topological polar surface area (TPSA) is 116 Å². The zero-order valence-corrected chi connectivity index (χ0v) is 20.2. The number of phenolic OH excluding ortho intramolecular Hbond substituents is 4. The number of rotatable bonds is 0. The lowest BCUT2D eigenvalue weighted by Gasteiger charge is -2.46. The second kappa shape index (κ2) is 6.62. The first-order chi connectivity index (χ1) is 16.3. The van der Waals surface area contributed by atoms with Crippen molar-refractivity contribution < 1.29 is 34.7 Å². The van der Waals surface area contributed by atoms with Gasteiger partial charge in [0.25, 0.3) is 0 Å². The molecule has 7 nitrogen and oxygen atoms in total. The first-order valence-electron chi connectivity index (χ1n) is 11.2. The molecule has 3 aromatic rings. The molecule has 0 saturated heterocycles. The Kier molecular flexibility index (Phi) is 4.17. The molecule has 3 aliphatic rings. The molecule has 0 radical (unpaired) electrons. The van der Waals surface area contributed by atoms with Crippen molar-refractivity contribution in [2.45, 2.75) is 51.4 Å². The second-order valence-corrected chi connectivity index (χ2v) is 10.6. The third-order valence-corrected chi connectivity index (χ3v) is 7.85. The summed E-state index contributed by atoms with van der Waals surface area (Å²) in [6, 6.07) is 6.01. The van der Waals surface area contributed by atoms with Crippen LogP contribution in [-0.4, -0.2) is 32.0 Å². The summed E-state index contributed by atoms with van der Waals surface area (Å²) in [7, 11) is 0. The molecular weight excluding hydrogens is 472 g/mol. The van der Waals surface area contributed by atoms with Crippen molar-refractivity contribution in [1.29, 1.82) is 0 Å². The monoisotopic (exact) mass is 494 g/mol. The van der Waals surface area contributed by atoms with E-state index in [-0.39, 0.29) is 39.8 Å². The third-order valence-electron chi connectivity index (χ3n) is 7.46. The van der Waals surface area contributed by atoms with Crippen LogP contribution in [0.4, 0.5) is 0 Å². The van der Waals surface area contributed by atoms with Gasteiger partial charge in [-0.15, -0.1) is 0 Å². The first kappa shape index (κ1) is 22.1. The predicted octanol–water partition coefficient (Wildman–Crippen LogP) is 5.11. The van der Waals surface area contributed by atoms with Crippen LogP contribution in [0.25, 0.3) is 0 Å². The van der Waals surface area contributed by atoms with E-state index in [1.807, 2.05) is 26.8 Å². The zero-order valence-electron chi connectivity index (χ0n) is 19.5. The summed E-state index contributed by atoms with van der Waals surface area (Å²) in [6.07, 6.45) is -0.447. The lowest BCUT2D eigenvalue weighted by molar-refractivity contribution is -0.216. The van der Waals surface area contributed by atoms with Crippen molar-refractivity contribution in [2.24, 2.45) is 0 Å². The summed E-state index contributed by atoms with van der Waals surface area (Å²) < 4.78 is 12.4. The smallest absolute Gasteiger partial charge is 0.212 e. The van der Waals surface area contributed by atoms with Crippen LogP contribution in [-0.2, 0) is 16.6 Å². The molecule has 180 valence electrons. The van der Waals surface area contributed by atoms with Gasteiger partial charge in [0.15, 0.2) is 0 Å². The molecule has 2 unspecified atom stereocenters. The molecule has 0 spiro atoms. The molecule has 0 saturated carbocycles. The minimum Gasteiger partial charge on any atom is -0.508 e. The van der Waals surface area contributed by atoms with Gasteiger partial charge in [-0.2, -0.15) is 0 Å². The molecule has 4 N–H and O–H groups in total. The number of phenols is 4. The highest BCUT2D eigenvalue weighted by molar-refractivity contribution is 6.34. The highest BCUT2D eigenvalue weighted by Crippen LogP contribution is 2.57. The van der Waals surface area contributed by atoms with Crippen LogP contribution in [0.2, 0.25) is 5.02 Å². The van der Waals surface area contributed by atoms with Gasteiger partial charge in [-0.3, -0.25) is 4.79 Å². The van der Waals surface area contributed by atoms with Crippen molar-refractivity contribution in [1.82, 2.24) is 0 Å². The number of hydrogen-bond acceptors (Lipinski definition) is 7. The maximum Gasteiger partial charge on any atom is 0.212 e. The molecular formula is C27H23ClO7. The van der Waals surface area contributed by atoms with Crippen molar-refractivity contribution in [3.8, 4) is 28.7 Å². The Morgan fingerprint density at radius 2 is 1.69 bits per heavy atom. The Morgan fingerprint density at radius 3 is 2.40 bits per heavy atom. The Hall–Kier alpha value is -3.42. The minimum absolute atomic E-state index is 0.0149. The molecule has 2 bridgehead atoms. The summed E-state index contributed by atoms with van der Waals surface area (Å²) in [6.45, 7) is 7.26. The SMILES string of the molecule is Cc1cc(O)cc2c1C1OC(C)(Cc3cc4c(c(O)c31)C(=O)c1c(O)cc(O)c(Cl)c1C4(C)C)O2. The van der Waals surface area contributed by atoms with E-state index < -0.39 is 28.8 Å². The molecule has 3 aromatic carbocycles. The number of aryl methyl sites for hydroxylation is 1. The van der Waals surface area contributed by atoms with Crippen molar-refractivity contribution in [2.75, 3.05) is 0 Å². The van der Waals surface area contributed by atoms with E-state index in [4.69, 9.17) is 21.1 Å². The number of ether oxygens (including phenoxy) is 2. The van der Waals surface area contributed by atoms with Crippen LogP contribution in [0.3, 0.4) is 0 Å². The summed E-state index contributed by atoms with van der Waals surface area (Å²) in [5.74, 6) is -2.08. The average Bonchev–Trinajstić information content (AvgIpc) is 2.72. The fraction of sp³-hybridized carbons (Fsp3) is 0.296. The van der Waals surface area contributed by atoms with Gasteiger partial charge >= 0.3 is 0 Å². The van der Waals surface area contributed by atoms with E-state index in [1.165, 1.54) is 6.07 Å². The van der Waals surface area contributed by atoms with Gasteiger partial charge < -0.3 is 29.9 Å². The predicted molar refractivity (Wildman–Crippen MR) is 127 cm³/mol. The zero-order chi connectivity index (χ0) is 25.2. The Morgan fingerprint density at radius 1 is 0.971 bits per heavy atom.